The molecule has 0 atom stereocenters. The number of aromatic hydroxyl groups is 1. The van der Waals surface area contributed by atoms with Gasteiger partial charge in [0.15, 0.2) is 9.84 Å². The fourth-order valence-electron chi connectivity index (χ4n) is 1.83. The van der Waals surface area contributed by atoms with E-state index in [0.29, 0.717) is 5.69 Å². The summed E-state index contributed by atoms with van der Waals surface area (Å²) in [6, 6.07) is 4.51. The number of nitrogens with one attached hydrogen (secondary N) is 1. The van der Waals surface area contributed by atoms with Gasteiger partial charge in [-0.05, 0) is 26.0 Å². The highest BCUT2D eigenvalue weighted by Crippen LogP contribution is 2.38. The van der Waals surface area contributed by atoms with Crippen LogP contribution in [0.15, 0.2) is 23.1 Å². The van der Waals surface area contributed by atoms with Gasteiger partial charge in [-0.15, -0.1) is 0 Å². The van der Waals surface area contributed by atoms with Crippen LogP contribution in [0.5, 0.6) is 5.75 Å². The molecular weight excluding hydrogens is 214 g/mol. The molecule has 0 unspecified atom stereocenters. The molecule has 0 bridgehead atoms. The molecule has 15 heavy (non-hydrogen) atoms. The third-order valence-corrected chi connectivity index (χ3v) is 4.47. The standard InChI is InChI=1S/C10H13NO3S/c1-10(2)6-15(13,14)8-5-3-4-7(12)9(8)11-10/h3-5,11-12H,6H2,1-2H3. The molecule has 2 rings (SSSR count). The molecule has 0 saturated carbocycles. The second-order valence-corrected chi connectivity index (χ2v) is 6.38. The van der Waals surface area contributed by atoms with Gasteiger partial charge in [-0.25, -0.2) is 8.42 Å². The van der Waals surface area contributed by atoms with Gasteiger partial charge in [0.25, 0.3) is 0 Å². The highest BCUT2D eigenvalue weighted by atomic mass is 32.2. The lowest BCUT2D eigenvalue weighted by Gasteiger charge is -2.33. The summed E-state index contributed by atoms with van der Waals surface area (Å²) in [5.41, 5.74) is -0.237. The first-order valence-corrected chi connectivity index (χ1v) is 6.30. The fourth-order valence-corrected chi connectivity index (χ4v) is 3.76. The molecule has 5 heteroatoms. The molecule has 1 aromatic rings. The smallest absolute Gasteiger partial charge is 0.182 e. The molecule has 0 aliphatic carbocycles. The molecule has 1 aliphatic rings. The van der Waals surface area contributed by atoms with Gasteiger partial charge in [0, 0.05) is 5.54 Å². The van der Waals surface area contributed by atoms with E-state index < -0.39 is 15.4 Å². The lowest BCUT2D eigenvalue weighted by atomic mass is 10.1. The van der Waals surface area contributed by atoms with E-state index in [2.05, 4.69) is 5.32 Å². The predicted octanol–water partition coefficient (Wildman–Crippen LogP) is 1.37. The molecule has 82 valence electrons. The number of sulfone groups is 1. The van der Waals surface area contributed by atoms with Crippen molar-refractivity contribution in [1.82, 2.24) is 0 Å². The molecule has 0 saturated heterocycles. The minimum absolute atomic E-state index is 0.0242. The van der Waals surface area contributed by atoms with E-state index in [1.54, 1.807) is 13.8 Å². The number of rotatable bonds is 0. The van der Waals surface area contributed by atoms with Crippen LogP contribution in [-0.2, 0) is 9.84 Å². The summed E-state index contributed by atoms with van der Waals surface area (Å²) in [6.07, 6.45) is 0. The Morgan fingerprint density at radius 2 is 2.07 bits per heavy atom. The van der Waals surface area contributed by atoms with Crippen molar-refractivity contribution in [1.29, 1.82) is 0 Å². The zero-order valence-electron chi connectivity index (χ0n) is 8.61. The number of fused-ring (bicyclic) bond motifs is 1. The van der Waals surface area contributed by atoms with Gasteiger partial charge in [-0.3, -0.25) is 0 Å². The molecular formula is C10H13NO3S. The SMILES string of the molecule is CC1(C)CS(=O)(=O)c2cccc(O)c2N1. The van der Waals surface area contributed by atoms with Crippen LogP contribution in [0.4, 0.5) is 5.69 Å². The second-order valence-electron chi connectivity index (χ2n) is 4.42. The van der Waals surface area contributed by atoms with Crippen LogP contribution in [0.2, 0.25) is 0 Å². The molecule has 0 amide bonds. The Bertz CT molecular complexity index is 505. The van der Waals surface area contributed by atoms with Crippen molar-refractivity contribution >= 4 is 15.5 Å². The van der Waals surface area contributed by atoms with E-state index in [1.807, 2.05) is 0 Å². The number of phenolic OH excluding ortho intramolecular Hbond substituents is 1. The number of phenols is 1. The van der Waals surface area contributed by atoms with Gasteiger partial charge in [0.05, 0.1) is 16.3 Å². The topological polar surface area (TPSA) is 66.4 Å². The van der Waals surface area contributed by atoms with Crippen molar-refractivity contribution in [3.05, 3.63) is 18.2 Å². The quantitative estimate of drug-likeness (QED) is 0.657. The Balaban J connectivity index is 2.71. The first-order chi connectivity index (χ1) is 6.82. The van der Waals surface area contributed by atoms with E-state index in [1.165, 1.54) is 18.2 Å². The Morgan fingerprint density at radius 1 is 1.40 bits per heavy atom. The molecule has 0 spiro atoms. The van der Waals surface area contributed by atoms with Gasteiger partial charge in [-0.2, -0.15) is 0 Å². The van der Waals surface area contributed by atoms with Crippen LogP contribution in [0.1, 0.15) is 13.8 Å². The largest absolute Gasteiger partial charge is 0.506 e. The van der Waals surface area contributed by atoms with Crippen LogP contribution in [0.3, 0.4) is 0 Å². The number of benzene rings is 1. The first-order valence-electron chi connectivity index (χ1n) is 4.65. The lowest BCUT2D eigenvalue weighted by molar-refractivity contribution is 0.469. The third-order valence-electron chi connectivity index (χ3n) is 2.35. The molecule has 1 aromatic carbocycles. The van der Waals surface area contributed by atoms with Crippen molar-refractivity contribution in [3.8, 4) is 5.75 Å². The Kier molecular flexibility index (Phi) is 1.98. The average Bonchev–Trinajstić information content (AvgIpc) is 2.04. The van der Waals surface area contributed by atoms with Crippen molar-refractivity contribution in [3.63, 3.8) is 0 Å². The molecule has 2 N–H and O–H groups in total. The average molecular weight is 227 g/mol. The molecule has 0 fully saturated rings. The molecule has 1 heterocycles. The molecule has 4 nitrogen and oxygen atoms in total. The van der Waals surface area contributed by atoms with E-state index in [4.69, 9.17) is 0 Å². The normalized spacial score (nSPS) is 21.5. The summed E-state index contributed by atoms with van der Waals surface area (Å²) in [4.78, 5) is 0.182. The Hall–Kier alpha value is -1.23. The number of hydrogen-bond donors (Lipinski definition) is 2. The summed E-state index contributed by atoms with van der Waals surface area (Å²) in [6.45, 7) is 3.58. The van der Waals surface area contributed by atoms with Gasteiger partial charge >= 0.3 is 0 Å². The highest BCUT2D eigenvalue weighted by molar-refractivity contribution is 7.91. The van der Waals surface area contributed by atoms with Crippen LogP contribution in [-0.4, -0.2) is 24.8 Å². The summed E-state index contributed by atoms with van der Waals surface area (Å²) in [5.74, 6) is 0.0139. The fraction of sp³-hybridized carbons (Fsp3) is 0.400. The predicted molar refractivity (Wildman–Crippen MR) is 57.9 cm³/mol. The lowest BCUT2D eigenvalue weighted by Crippen LogP contribution is -2.42. The van der Waals surface area contributed by atoms with Gasteiger partial charge in [-0.1, -0.05) is 6.07 Å². The third kappa shape index (κ3) is 1.67. The minimum atomic E-state index is -3.29. The molecule has 0 radical (unpaired) electrons. The van der Waals surface area contributed by atoms with Gasteiger partial charge in [0.1, 0.15) is 5.75 Å². The maximum atomic E-state index is 11.9. The maximum absolute atomic E-state index is 11.9. The number of hydrogen-bond acceptors (Lipinski definition) is 4. The van der Waals surface area contributed by atoms with Crippen molar-refractivity contribution < 1.29 is 13.5 Å². The summed E-state index contributed by atoms with van der Waals surface area (Å²) < 4.78 is 23.8. The van der Waals surface area contributed by atoms with Crippen LogP contribution in [0, 0.1) is 0 Å². The van der Waals surface area contributed by atoms with Crippen molar-refractivity contribution in [2.24, 2.45) is 0 Å². The number of para-hydroxylation sites is 1. The van der Waals surface area contributed by atoms with E-state index in [-0.39, 0.29) is 16.4 Å². The Morgan fingerprint density at radius 3 is 2.73 bits per heavy atom. The maximum Gasteiger partial charge on any atom is 0.182 e. The highest BCUT2D eigenvalue weighted by Gasteiger charge is 2.36. The van der Waals surface area contributed by atoms with Crippen molar-refractivity contribution in [2.75, 3.05) is 11.1 Å². The second kappa shape index (κ2) is 2.88. The minimum Gasteiger partial charge on any atom is -0.506 e. The van der Waals surface area contributed by atoms with Crippen LogP contribution >= 0.6 is 0 Å². The van der Waals surface area contributed by atoms with E-state index in [0.717, 1.165) is 0 Å². The zero-order valence-corrected chi connectivity index (χ0v) is 9.43. The molecule has 0 aromatic heterocycles. The van der Waals surface area contributed by atoms with E-state index in [9.17, 15) is 13.5 Å². The van der Waals surface area contributed by atoms with Gasteiger partial charge in [0.2, 0.25) is 0 Å². The van der Waals surface area contributed by atoms with Crippen molar-refractivity contribution in [2.45, 2.75) is 24.3 Å². The van der Waals surface area contributed by atoms with Crippen LogP contribution in [0.25, 0.3) is 0 Å². The summed E-state index contributed by atoms with van der Waals surface area (Å²) in [7, 11) is -3.29. The zero-order chi connectivity index (χ0) is 11.3. The summed E-state index contributed by atoms with van der Waals surface area (Å²) >= 11 is 0. The van der Waals surface area contributed by atoms with Gasteiger partial charge < -0.3 is 10.4 Å². The van der Waals surface area contributed by atoms with E-state index >= 15 is 0 Å². The Labute approximate surface area is 88.9 Å². The molecule has 1 aliphatic heterocycles. The summed E-state index contributed by atoms with van der Waals surface area (Å²) in [5, 5.41) is 12.6. The van der Waals surface area contributed by atoms with Crippen LogP contribution < -0.4 is 5.32 Å². The number of anilines is 1. The first kappa shape index (κ1) is 10.3. The monoisotopic (exact) mass is 227 g/mol.